The molecule has 2 rings (SSSR count). The largest absolute Gasteiger partial charge is 0.460 e. The number of carbonyl (C=O) groups excluding carboxylic acids is 1. The van der Waals surface area contributed by atoms with Crippen molar-refractivity contribution in [3.8, 4) is 0 Å². The average Bonchev–Trinajstić information content (AvgIpc) is 2.53. The predicted molar refractivity (Wildman–Crippen MR) is 113 cm³/mol. The number of ether oxygens (including phenoxy) is 1. The zero-order chi connectivity index (χ0) is 20.1. The number of esters is 1. The topological polar surface area (TPSA) is 30.7 Å². The molecular weight excluding hydrogens is 334 g/mol. The van der Waals surface area contributed by atoms with Crippen LogP contribution in [0.5, 0.6) is 0 Å². The van der Waals surface area contributed by atoms with Crippen LogP contribution in [0.25, 0.3) is 0 Å². The molecule has 2 aliphatic carbocycles. The van der Waals surface area contributed by atoms with E-state index in [0.29, 0.717) is 30.3 Å². The second-order valence-corrected chi connectivity index (χ2v) is 9.68. The van der Waals surface area contributed by atoms with Gasteiger partial charge in [0.2, 0.25) is 0 Å². The summed E-state index contributed by atoms with van der Waals surface area (Å²) in [5.41, 5.74) is 3.09. The van der Waals surface area contributed by atoms with Crippen molar-refractivity contribution in [2.75, 3.05) is 26.2 Å². The molecule has 0 aromatic carbocycles. The van der Waals surface area contributed by atoms with Gasteiger partial charge in [0.15, 0.2) is 0 Å². The highest BCUT2D eigenvalue weighted by Gasteiger charge is 2.34. The molecule has 0 aliphatic heterocycles. The SMILES string of the molecule is CC(=O)OCC[NH+](C[C@@H]1[C@H](C)CC(C)=C[C@@H]1C)C[C@H]1[C@H](C)C=C(C)C[C@@H]1C. The number of rotatable bonds is 7. The first-order valence-corrected chi connectivity index (χ1v) is 11.0. The van der Waals surface area contributed by atoms with Crippen LogP contribution in [0.1, 0.15) is 61.3 Å². The molecular formula is C24H42NO2+. The van der Waals surface area contributed by atoms with E-state index < -0.39 is 0 Å². The van der Waals surface area contributed by atoms with E-state index >= 15 is 0 Å². The molecule has 3 nitrogen and oxygen atoms in total. The normalized spacial score (nSPS) is 35.2. The van der Waals surface area contributed by atoms with E-state index in [0.717, 1.165) is 18.4 Å². The van der Waals surface area contributed by atoms with Crippen LogP contribution in [0.3, 0.4) is 0 Å². The van der Waals surface area contributed by atoms with Crippen LogP contribution in [0.2, 0.25) is 0 Å². The average molecular weight is 377 g/mol. The molecule has 0 aromatic rings. The van der Waals surface area contributed by atoms with E-state index in [1.54, 1.807) is 16.0 Å². The Labute approximate surface area is 167 Å². The van der Waals surface area contributed by atoms with Gasteiger partial charge >= 0.3 is 5.97 Å². The fraction of sp³-hybridized carbons (Fsp3) is 0.792. The molecule has 2 aliphatic rings. The molecule has 27 heavy (non-hydrogen) atoms. The zero-order valence-electron chi connectivity index (χ0n) is 18.7. The Morgan fingerprint density at radius 3 is 1.78 bits per heavy atom. The molecule has 0 radical (unpaired) electrons. The van der Waals surface area contributed by atoms with Crippen molar-refractivity contribution in [2.45, 2.75) is 61.3 Å². The van der Waals surface area contributed by atoms with Crippen molar-refractivity contribution >= 4 is 5.97 Å². The molecule has 0 bridgehead atoms. The third-order valence-electron chi connectivity index (χ3n) is 7.00. The molecule has 154 valence electrons. The smallest absolute Gasteiger partial charge is 0.302 e. The minimum atomic E-state index is -0.162. The molecule has 0 amide bonds. The number of hydrogen-bond acceptors (Lipinski definition) is 2. The summed E-state index contributed by atoms with van der Waals surface area (Å²) in [5.74, 6) is 4.01. The monoisotopic (exact) mass is 376 g/mol. The third-order valence-corrected chi connectivity index (χ3v) is 7.00. The maximum Gasteiger partial charge on any atom is 0.302 e. The highest BCUT2D eigenvalue weighted by Crippen LogP contribution is 2.34. The van der Waals surface area contributed by atoms with Crippen molar-refractivity contribution < 1.29 is 14.4 Å². The molecule has 7 atom stereocenters. The van der Waals surface area contributed by atoms with Gasteiger partial charge < -0.3 is 9.64 Å². The molecule has 0 heterocycles. The number of hydrogen-bond donors (Lipinski definition) is 1. The molecule has 0 saturated heterocycles. The molecule has 1 unspecified atom stereocenters. The minimum absolute atomic E-state index is 0.162. The first kappa shape index (κ1) is 22.2. The Morgan fingerprint density at radius 1 is 0.963 bits per heavy atom. The van der Waals surface area contributed by atoms with E-state index in [4.69, 9.17) is 4.74 Å². The van der Waals surface area contributed by atoms with Crippen LogP contribution >= 0.6 is 0 Å². The van der Waals surface area contributed by atoms with Gasteiger partial charge in [0.05, 0.1) is 13.1 Å². The van der Waals surface area contributed by atoms with Crippen LogP contribution in [-0.2, 0) is 9.53 Å². The Bertz CT molecular complexity index is 525. The minimum Gasteiger partial charge on any atom is -0.460 e. The standard InChI is InChI=1S/C24H41NO2/c1-16-10-18(3)23(19(4)11-16)14-25(8-9-27-22(7)26)15-24-20(5)12-17(2)13-21(24)6/h10,12,18-21,23-24H,8-9,11,13-15H2,1-7H3/p+1/t18-,19+,20+,21-,23-,24-/m0/s1. The third kappa shape index (κ3) is 6.48. The van der Waals surface area contributed by atoms with Crippen LogP contribution in [0.4, 0.5) is 0 Å². The molecule has 0 spiro atoms. The van der Waals surface area contributed by atoms with Crippen molar-refractivity contribution in [1.82, 2.24) is 0 Å². The van der Waals surface area contributed by atoms with E-state index in [2.05, 4.69) is 53.7 Å². The zero-order valence-corrected chi connectivity index (χ0v) is 18.7. The van der Waals surface area contributed by atoms with Gasteiger partial charge in [0.1, 0.15) is 13.2 Å². The number of allylic oxidation sites excluding steroid dienone is 4. The van der Waals surface area contributed by atoms with Crippen LogP contribution in [0.15, 0.2) is 23.3 Å². The molecule has 1 N–H and O–H groups in total. The summed E-state index contributed by atoms with van der Waals surface area (Å²) in [7, 11) is 0. The quantitative estimate of drug-likeness (QED) is 0.539. The predicted octanol–water partition coefficient (Wildman–Crippen LogP) is 3.91. The van der Waals surface area contributed by atoms with Gasteiger partial charge in [0.25, 0.3) is 0 Å². The van der Waals surface area contributed by atoms with Crippen molar-refractivity contribution in [2.24, 2.45) is 35.5 Å². The first-order valence-electron chi connectivity index (χ1n) is 11.0. The lowest BCUT2D eigenvalue weighted by Gasteiger charge is -2.39. The van der Waals surface area contributed by atoms with Crippen molar-refractivity contribution in [3.63, 3.8) is 0 Å². The lowest BCUT2D eigenvalue weighted by atomic mass is 9.73. The van der Waals surface area contributed by atoms with E-state index in [1.165, 1.54) is 32.9 Å². The molecule has 0 fully saturated rings. The summed E-state index contributed by atoms with van der Waals surface area (Å²) < 4.78 is 5.31. The Balaban J connectivity index is 2.07. The fourth-order valence-corrected chi connectivity index (χ4v) is 5.70. The van der Waals surface area contributed by atoms with Gasteiger partial charge in [-0.1, -0.05) is 51.0 Å². The van der Waals surface area contributed by atoms with Crippen LogP contribution in [-0.4, -0.2) is 32.2 Å². The summed E-state index contributed by atoms with van der Waals surface area (Å²) in [6, 6.07) is 0. The number of carbonyl (C=O) groups is 1. The van der Waals surface area contributed by atoms with Crippen molar-refractivity contribution in [1.29, 1.82) is 0 Å². The Morgan fingerprint density at radius 2 is 1.41 bits per heavy atom. The second kappa shape index (κ2) is 9.91. The fourth-order valence-electron chi connectivity index (χ4n) is 5.70. The Kier molecular flexibility index (Phi) is 8.15. The maximum atomic E-state index is 11.2. The van der Waals surface area contributed by atoms with Gasteiger partial charge in [-0.25, -0.2) is 0 Å². The maximum absolute atomic E-state index is 11.2. The van der Waals surface area contributed by atoms with Crippen molar-refractivity contribution in [3.05, 3.63) is 23.3 Å². The lowest BCUT2D eigenvalue weighted by Crippen LogP contribution is -3.14. The van der Waals surface area contributed by atoms with E-state index in [1.807, 2.05) is 0 Å². The first-order chi connectivity index (χ1) is 12.7. The number of nitrogens with one attached hydrogen (secondary N) is 1. The summed E-state index contributed by atoms with van der Waals surface area (Å²) in [6.07, 6.45) is 7.41. The summed E-state index contributed by atoms with van der Waals surface area (Å²) in [4.78, 5) is 12.9. The van der Waals surface area contributed by atoms with Crippen LogP contribution < -0.4 is 4.90 Å². The van der Waals surface area contributed by atoms with Gasteiger partial charge in [-0.3, -0.25) is 4.79 Å². The molecule has 0 saturated carbocycles. The highest BCUT2D eigenvalue weighted by atomic mass is 16.5. The summed E-state index contributed by atoms with van der Waals surface area (Å²) >= 11 is 0. The number of quaternary nitrogens is 1. The summed E-state index contributed by atoms with van der Waals surface area (Å²) in [5, 5.41) is 0. The lowest BCUT2D eigenvalue weighted by molar-refractivity contribution is -0.908. The van der Waals surface area contributed by atoms with Gasteiger partial charge in [-0.15, -0.1) is 0 Å². The van der Waals surface area contributed by atoms with Gasteiger partial charge in [0, 0.05) is 18.8 Å². The molecule has 3 heteroatoms. The van der Waals surface area contributed by atoms with Gasteiger partial charge in [-0.05, 0) is 50.4 Å². The Hall–Kier alpha value is -1.09. The van der Waals surface area contributed by atoms with Crippen LogP contribution in [0, 0.1) is 35.5 Å². The highest BCUT2D eigenvalue weighted by molar-refractivity contribution is 5.65. The van der Waals surface area contributed by atoms with E-state index in [-0.39, 0.29) is 5.97 Å². The van der Waals surface area contributed by atoms with E-state index in [9.17, 15) is 4.79 Å². The summed E-state index contributed by atoms with van der Waals surface area (Å²) in [6.45, 7) is 19.5. The second-order valence-electron chi connectivity index (χ2n) is 9.68. The molecule has 0 aromatic heterocycles. The van der Waals surface area contributed by atoms with Gasteiger partial charge in [-0.2, -0.15) is 0 Å².